The Morgan fingerprint density at radius 3 is 1.62 bits per heavy atom. The first-order chi connectivity index (χ1) is 8.34. The standard InChI is InChI=1S/C17H12.4CH4/c1-11-5-6-14-8-7-12-3-2-4-13-9-10-15(11)17(14)16(12)13;;;;/h2-10H,1H3;4*1H4. The number of rotatable bonds is 0. The van der Waals surface area contributed by atoms with Crippen molar-refractivity contribution in [1.82, 2.24) is 0 Å². The maximum absolute atomic E-state index is 2.25. The monoisotopic (exact) mass is 280 g/mol. The van der Waals surface area contributed by atoms with Crippen molar-refractivity contribution in [3.05, 3.63) is 60.2 Å². The predicted octanol–water partition coefficient (Wildman–Crippen LogP) is 7.44. The lowest BCUT2D eigenvalue weighted by Crippen LogP contribution is -1.85. The molecule has 4 aromatic rings. The Hall–Kier alpha value is -2.08. The van der Waals surface area contributed by atoms with E-state index in [9.17, 15) is 0 Å². The third-order valence-electron chi connectivity index (χ3n) is 3.75. The third kappa shape index (κ3) is 2.47. The van der Waals surface area contributed by atoms with E-state index >= 15 is 0 Å². The van der Waals surface area contributed by atoms with Crippen LogP contribution in [-0.4, -0.2) is 0 Å². The van der Waals surface area contributed by atoms with Crippen LogP contribution in [-0.2, 0) is 0 Å². The molecule has 0 heterocycles. The van der Waals surface area contributed by atoms with Crippen molar-refractivity contribution >= 4 is 32.3 Å². The van der Waals surface area contributed by atoms with Crippen LogP contribution in [0, 0.1) is 6.92 Å². The van der Waals surface area contributed by atoms with Crippen LogP contribution in [0.1, 0.15) is 35.3 Å². The van der Waals surface area contributed by atoms with E-state index in [0.29, 0.717) is 0 Å². The molecule has 0 spiro atoms. The van der Waals surface area contributed by atoms with Gasteiger partial charge in [0, 0.05) is 0 Å². The lowest BCUT2D eigenvalue weighted by molar-refractivity contribution is 1.55. The fourth-order valence-electron chi connectivity index (χ4n) is 2.88. The summed E-state index contributed by atoms with van der Waals surface area (Å²) in [5.74, 6) is 0. The average Bonchev–Trinajstić information content (AvgIpc) is 2.38. The van der Waals surface area contributed by atoms with Gasteiger partial charge in [-0.15, -0.1) is 0 Å². The molecule has 0 nitrogen and oxygen atoms in total. The highest BCUT2D eigenvalue weighted by Gasteiger charge is 2.08. The largest absolute Gasteiger partial charge is 0.0776 e. The second kappa shape index (κ2) is 6.58. The van der Waals surface area contributed by atoms with Crippen molar-refractivity contribution in [2.75, 3.05) is 0 Å². The van der Waals surface area contributed by atoms with E-state index in [0.717, 1.165) is 0 Å². The van der Waals surface area contributed by atoms with Crippen molar-refractivity contribution in [3.8, 4) is 0 Å². The lowest BCUT2D eigenvalue weighted by Gasteiger charge is -2.11. The zero-order valence-electron chi connectivity index (χ0n) is 9.70. The number of hydrogen-bond donors (Lipinski definition) is 0. The van der Waals surface area contributed by atoms with Crippen LogP contribution in [0.4, 0.5) is 0 Å². The molecule has 0 heteroatoms. The maximum atomic E-state index is 2.25. The van der Waals surface area contributed by atoms with Crippen LogP contribution in [0.25, 0.3) is 32.3 Å². The third-order valence-corrected chi connectivity index (χ3v) is 3.75. The normalized spacial score (nSPS) is 9.57. The van der Waals surface area contributed by atoms with Gasteiger partial charge in [-0.2, -0.15) is 0 Å². The Morgan fingerprint density at radius 1 is 0.524 bits per heavy atom. The van der Waals surface area contributed by atoms with E-state index in [1.165, 1.54) is 37.9 Å². The number of hydrogen-bond acceptors (Lipinski definition) is 0. The SMILES string of the molecule is C.C.C.C.Cc1ccc2ccc3cccc4ccc1c2c34. The second-order valence-corrected chi connectivity index (χ2v) is 4.74. The van der Waals surface area contributed by atoms with Crippen LogP contribution in [0.3, 0.4) is 0 Å². The highest BCUT2D eigenvalue weighted by atomic mass is 14.1. The fourth-order valence-corrected chi connectivity index (χ4v) is 2.88. The van der Waals surface area contributed by atoms with Crippen molar-refractivity contribution < 1.29 is 0 Å². The summed E-state index contributed by atoms with van der Waals surface area (Å²) in [6.07, 6.45) is 0. The van der Waals surface area contributed by atoms with E-state index in [-0.39, 0.29) is 29.7 Å². The summed E-state index contributed by atoms with van der Waals surface area (Å²) in [6, 6.07) is 19.9. The molecule has 0 fully saturated rings. The molecule has 0 saturated carbocycles. The van der Waals surface area contributed by atoms with Crippen LogP contribution in [0.2, 0.25) is 0 Å². The van der Waals surface area contributed by atoms with E-state index < -0.39 is 0 Å². The van der Waals surface area contributed by atoms with Crippen LogP contribution >= 0.6 is 0 Å². The minimum Gasteiger partial charge on any atom is -0.0776 e. The van der Waals surface area contributed by atoms with Gasteiger partial charge in [0.2, 0.25) is 0 Å². The summed E-state index contributed by atoms with van der Waals surface area (Å²) in [6.45, 7) is 2.19. The molecule has 112 valence electrons. The summed E-state index contributed by atoms with van der Waals surface area (Å²) in [5, 5.41) is 8.23. The zero-order valence-corrected chi connectivity index (χ0v) is 9.70. The van der Waals surface area contributed by atoms with E-state index in [1.54, 1.807) is 0 Å². The van der Waals surface area contributed by atoms with Gasteiger partial charge in [0.1, 0.15) is 0 Å². The summed E-state index contributed by atoms with van der Waals surface area (Å²) >= 11 is 0. The highest BCUT2D eigenvalue weighted by Crippen LogP contribution is 2.35. The molecule has 0 radical (unpaired) electrons. The summed E-state index contributed by atoms with van der Waals surface area (Å²) in [4.78, 5) is 0. The fraction of sp³-hybridized carbons (Fsp3) is 0.238. The van der Waals surface area contributed by atoms with E-state index in [4.69, 9.17) is 0 Å². The molecule has 0 bridgehead atoms. The van der Waals surface area contributed by atoms with Gasteiger partial charge in [-0.25, -0.2) is 0 Å². The van der Waals surface area contributed by atoms with Gasteiger partial charge >= 0.3 is 0 Å². The van der Waals surface area contributed by atoms with Crippen LogP contribution in [0.15, 0.2) is 54.6 Å². The molecule has 0 aliphatic heterocycles. The van der Waals surface area contributed by atoms with Crippen LogP contribution < -0.4 is 0 Å². The molecule has 0 aromatic heterocycles. The number of aryl methyl sites for hydroxylation is 1. The Labute approximate surface area is 129 Å². The molecule has 4 rings (SSSR count). The van der Waals surface area contributed by atoms with Crippen molar-refractivity contribution in [1.29, 1.82) is 0 Å². The minimum atomic E-state index is 0. The molecule has 0 amide bonds. The average molecular weight is 280 g/mol. The van der Waals surface area contributed by atoms with Gasteiger partial charge in [0.05, 0.1) is 0 Å². The molecular formula is C21H28. The molecule has 0 aliphatic carbocycles. The molecule has 0 unspecified atom stereocenters. The van der Waals surface area contributed by atoms with Crippen molar-refractivity contribution in [3.63, 3.8) is 0 Å². The van der Waals surface area contributed by atoms with E-state index in [2.05, 4.69) is 61.5 Å². The Bertz CT molecular complexity index is 824. The molecule has 21 heavy (non-hydrogen) atoms. The summed E-state index contributed by atoms with van der Waals surface area (Å²) in [5.41, 5.74) is 1.36. The smallest absolute Gasteiger partial charge is 0.00241 e. The van der Waals surface area contributed by atoms with Crippen LogP contribution in [0.5, 0.6) is 0 Å². The molecular weight excluding hydrogens is 252 g/mol. The Morgan fingerprint density at radius 2 is 1.00 bits per heavy atom. The molecule has 0 N–H and O–H groups in total. The Kier molecular flexibility index (Phi) is 5.93. The Balaban J connectivity index is 0.000001000. The summed E-state index contributed by atoms with van der Waals surface area (Å²) in [7, 11) is 0. The molecule has 0 atom stereocenters. The van der Waals surface area contributed by atoms with Gasteiger partial charge in [0.15, 0.2) is 0 Å². The van der Waals surface area contributed by atoms with Gasteiger partial charge in [-0.1, -0.05) is 84.3 Å². The lowest BCUT2D eigenvalue weighted by atomic mass is 9.92. The van der Waals surface area contributed by atoms with Gasteiger partial charge in [0.25, 0.3) is 0 Å². The molecule has 4 aromatic carbocycles. The minimum absolute atomic E-state index is 0. The van der Waals surface area contributed by atoms with Crippen molar-refractivity contribution in [2.24, 2.45) is 0 Å². The molecule has 0 aliphatic rings. The maximum Gasteiger partial charge on any atom is -0.00241 e. The van der Waals surface area contributed by atoms with Gasteiger partial charge < -0.3 is 0 Å². The quantitative estimate of drug-likeness (QED) is 0.294. The first-order valence-corrected chi connectivity index (χ1v) is 5.98. The van der Waals surface area contributed by atoms with E-state index in [1.807, 2.05) is 0 Å². The first-order valence-electron chi connectivity index (χ1n) is 5.98. The topological polar surface area (TPSA) is 0 Å². The summed E-state index contributed by atoms with van der Waals surface area (Å²) < 4.78 is 0. The predicted molar refractivity (Wildman–Crippen MR) is 102 cm³/mol. The first kappa shape index (κ1) is 18.9. The highest BCUT2D eigenvalue weighted by molar-refractivity contribution is 6.23. The van der Waals surface area contributed by atoms with Crippen molar-refractivity contribution in [2.45, 2.75) is 36.6 Å². The molecule has 0 saturated heterocycles. The second-order valence-electron chi connectivity index (χ2n) is 4.74. The number of benzene rings is 4. The van der Waals surface area contributed by atoms with Gasteiger partial charge in [-0.05, 0) is 44.8 Å². The zero-order chi connectivity index (χ0) is 11.4. The van der Waals surface area contributed by atoms with Gasteiger partial charge in [-0.3, -0.25) is 0 Å².